The molecule has 0 aliphatic heterocycles. The highest BCUT2D eigenvalue weighted by molar-refractivity contribution is 8.13. The molecule has 0 fully saturated rings. The van der Waals surface area contributed by atoms with Gasteiger partial charge in [0.1, 0.15) is 6.04 Å². The summed E-state index contributed by atoms with van der Waals surface area (Å²) in [4.78, 5) is 37.1. The lowest BCUT2D eigenvalue weighted by Crippen LogP contribution is -2.47. The molecule has 0 saturated carbocycles. The Bertz CT molecular complexity index is 877. The van der Waals surface area contributed by atoms with Gasteiger partial charge in [-0.1, -0.05) is 65.8 Å². The number of thioether (sulfide) groups is 2. The third-order valence-corrected chi connectivity index (χ3v) is 6.87. The van der Waals surface area contributed by atoms with E-state index < -0.39 is 17.9 Å². The summed E-state index contributed by atoms with van der Waals surface area (Å²) in [7, 11) is 0. The second kappa shape index (κ2) is 14.2. The van der Waals surface area contributed by atoms with Crippen molar-refractivity contribution in [1.82, 2.24) is 5.32 Å². The van der Waals surface area contributed by atoms with Gasteiger partial charge >= 0.3 is 5.97 Å². The van der Waals surface area contributed by atoms with E-state index in [0.29, 0.717) is 22.9 Å². The Morgan fingerprint density at radius 1 is 1.00 bits per heavy atom. The summed E-state index contributed by atoms with van der Waals surface area (Å²) >= 11 is 8.62. The highest BCUT2D eigenvalue weighted by Gasteiger charge is 2.27. The first kappa shape index (κ1) is 26.3. The quantitative estimate of drug-likeness (QED) is 0.430. The van der Waals surface area contributed by atoms with Crippen LogP contribution >= 0.6 is 35.1 Å². The topological polar surface area (TPSA) is 72.5 Å². The molecule has 1 N–H and O–H groups in total. The number of ether oxygens (including phenoxy) is 1. The van der Waals surface area contributed by atoms with Crippen LogP contribution in [0.1, 0.15) is 25.0 Å². The van der Waals surface area contributed by atoms with Gasteiger partial charge in [-0.3, -0.25) is 9.59 Å². The van der Waals surface area contributed by atoms with Gasteiger partial charge < -0.3 is 10.1 Å². The van der Waals surface area contributed by atoms with Gasteiger partial charge in [0.05, 0.1) is 12.5 Å². The van der Waals surface area contributed by atoms with Crippen molar-refractivity contribution in [3.8, 4) is 0 Å². The monoisotopic (exact) mass is 493 g/mol. The lowest BCUT2D eigenvalue weighted by atomic mass is 10.00. The zero-order chi connectivity index (χ0) is 23.3. The van der Waals surface area contributed by atoms with Gasteiger partial charge in [-0.2, -0.15) is 11.8 Å². The van der Waals surface area contributed by atoms with Gasteiger partial charge in [-0.25, -0.2) is 4.79 Å². The standard InChI is InChI=1S/C24H28ClNO4S2/c1-3-30-24(29)22(16-31-14-19-7-5-4-6-8-19)26-23(28)20(15-32-17(2)27)13-18-9-11-21(25)12-10-18/h4-12,20,22H,3,13-16H2,1-2H3,(H,26,28)/t20-,22+/m1/s1. The van der Waals surface area contributed by atoms with Crippen LogP contribution in [0, 0.1) is 5.92 Å². The molecule has 0 unspecified atom stereocenters. The van der Waals surface area contributed by atoms with Crippen LogP contribution in [0.5, 0.6) is 0 Å². The van der Waals surface area contributed by atoms with E-state index in [4.69, 9.17) is 16.3 Å². The number of hydrogen-bond acceptors (Lipinski definition) is 6. The fourth-order valence-electron chi connectivity index (χ4n) is 2.92. The first-order chi connectivity index (χ1) is 15.4. The molecule has 172 valence electrons. The first-order valence-corrected chi connectivity index (χ1v) is 12.9. The molecule has 1 amide bonds. The predicted molar refractivity (Wildman–Crippen MR) is 133 cm³/mol. The molecule has 2 atom stereocenters. The van der Waals surface area contributed by atoms with E-state index in [9.17, 15) is 14.4 Å². The van der Waals surface area contributed by atoms with Crippen molar-refractivity contribution < 1.29 is 19.1 Å². The smallest absolute Gasteiger partial charge is 0.329 e. The molecule has 0 spiro atoms. The zero-order valence-corrected chi connectivity index (χ0v) is 20.6. The molecule has 0 saturated heterocycles. The minimum atomic E-state index is -0.758. The molecule has 2 aromatic rings. The van der Waals surface area contributed by atoms with E-state index in [1.54, 1.807) is 30.8 Å². The molecule has 0 radical (unpaired) electrons. The molecular weight excluding hydrogens is 466 g/mol. The fraction of sp³-hybridized carbons (Fsp3) is 0.375. The maximum absolute atomic E-state index is 13.1. The molecule has 0 bridgehead atoms. The maximum atomic E-state index is 13.1. The summed E-state index contributed by atoms with van der Waals surface area (Å²) in [5, 5.41) is 3.42. The van der Waals surface area contributed by atoms with Crippen molar-refractivity contribution in [3.63, 3.8) is 0 Å². The number of rotatable bonds is 12. The Hall–Kier alpha value is -1.96. The molecule has 0 aromatic heterocycles. The summed E-state index contributed by atoms with van der Waals surface area (Å²) < 4.78 is 5.18. The first-order valence-electron chi connectivity index (χ1n) is 10.4. The molecule has 8 heteroatoms. The number of carbonyl (C=O) groups is 3. The number of nitrogens with one attached hydrogen (secondary N) is 1. The lowest BCUT2D eigenvalue weighted by molar-refractivity contribution is -0.147. The van der Waals surface area contributed by atoms with Crippen molar-refractivity contribution in [2.75, 3.05) is 18.1 Å². The van der Waals surface area contributed by atoms with Crippen LogP contribution in [-0.2, 0) is 31.3 Å². The third-order valence-electron chi connectivity index (χ3n) is 4.54. The summed E-state index contributed by atoms with van der Waals surface area (Å²) in [5.74, 6) is 0.254. The van der Waals surface area contributed by atoms with Gasteiger partial charge in [0.2, 0.25) is 5.91 Å². The summed E-state index contributed by atoms with van der Waals surface area (Å²) in [5.41, 5.74) is 2.08. The van der Waals surface area contributed by atoms with E-state index in [1.165, 1.54) is 6.92 Å². The molecule has 2 aromatic carbocycles. The van der Waals surface area contributed by atoms with Crippen molar-refractivity contribution in [3.05, 3.63) is 70.7 Å². The van der Waals surface area contributed by atoms with Crippen LogP contribution in [0.2, 0.25) is 5.02 Å². The van der Waals surface area contributed by atoms with Gasteiger partial charge in [0.15, 0.2) is 5.12 Å². The fourth-order valence-corrected chi connectivity index (χ4v) is 4.75. The van der Waals surface area contributed by atoms with Crippen molar-refractivity contribution >= 4 is 52.1 Å². The van der Waals surface area contributed by atoms with Crippen LogP contribution in [-0.4, -0.2) is 41.1 Å². The maximum Gasteiger partial charge on any atom is 0.329 e. The van der Waals surface area contributed by atoms with Gasteiger partial charge in [0, 0.05) is 29.2 Å². The highest BCUT2D eigenvalue weighted by Crippen LogP contribution is 2.19. The number of carbonyl (C=O) groups excluding carboxylic acids is 3. The SMILES string of the molecule is CCOC(=O)[C@H](CSCc1ccccc1)NC(=O)[C@@H](CSC(C)=O)Cc1ccc(Cl)cc1. The number of hydrogen-bond donors (Lipinski definition) is 1. The molecule has 2 rings (SSSR count). The van der Waals surface area contributed by atoms with Crippen LogP contribution in [0.4, 0.5) is 0 Å². The highest BCUT2D eigenvalue weighted by atomic mass is 35.5. The average Bonchev–Trinajstić information content (AvgIpc) is 2.77. The molecule has 0 aliphatic rings. The minimum absolute atomic E-state index is 0.0562. The molecular formula is C24H28ClNO4S2. The van der Waals surface area contributed by atoms with Crippen molar-refractivity contribution in [2.24, 2.45) is 5.92 Å². The Kier molecular flexibility index (Phi) is 11.7. The predicted octanol–water partition coefficient (Wildman–Crippen LogP) is 4.76. The van der Waals surface area contributed by atoms with E-state index in [1.807, 2.05) is 42.5 Å². The van der Waals surface area contributed by atoms with E-state index in [2.05, 4.69) is 5.32 Å². The minimum Gasteiger partial charge on any atom is -0.464 e. The Labute approximate surface area is 203 Å². The van der Waals surface area contributed by atoms with Crippen LogP contribution in [0.3, 0.4) is 0 Å². The average molecular weight is 494 g/mol. The van der Waals surface area contributed by atoms with Gasteiger partial charge in [-0.15, -0.1) is 0 Å². The summed E-state index contributed by atoms with van der Waals surface area (Å²) in [6.07, 6.45) is 0.440. The molecule has 0 aliphatic carbocycles. The molecule has 32 heavy (non-hydrogen) atoms. The van der Waals surface area contributed by atoms with Crippen LogP contribution < -0.4 is 5.32 Å². The second-order valence-corrected chi connectivity index (χ2v) is 9.81. The molecule has 0 heterocycles. The Morgan fingerprint density at radius 2 is 1.69 bits per heavy atom. The second-order valence-electron chi connectivity index (χ2n) is 7.14. The number of benzene rings is 2. The third kappa shape index (κ3) is 9.67. The van der Waals surface area contributed by atoms with E-state index in [-0.39, 0.29) is 17.6 Å². The largest absolute Gasteiger partial charge is 0.464 e. The van der Waals surface area contributed by atoms with Gasteiger partial charge in [0.25, 0.3) is 0 Å². The van der Waals surface area contributed by atoms with Crippen LogP contribution in [0.25, 0.3) is 0 Å². The normalized spacial score (nSPS) is 12.6. The number of halogens is 1. The summed E-state index contributed by atoms with van der Waals surface area (Å²) in [6.45, 7) is 3.45. The lowest BCUT2D eigenvalue weighted by Gasteiger charge is -2.21. The van der Waals surface area contributed by atoms with Crippen molar-refractivity contribution in [1.29, 1.82) is 0 Å². The van der Waals surface area contributed by atoms with E-state index >= 15 is 0 Å². The van der Waals surface area contributed by atoms with Gasteiger partial charge in [-0.05, 0) is 36.6 Å². The summed E-state index contributed by atoms with van der Waals surface area (Å²) in [6, 6.07) is 16.4. The van der Waals surface area contributed by atoms with E-state index in [0.717, 1.165) is 28.6 Å². The number of amides is 1. The number of esters is 1. The zero-order valence-electron chi connectivity index (χ0n) is 18.2. The van der Waals surface area contributed by atoms with Crippen LogP contribution in [0.15, 0.2) is 54.6 Å². The molecule has 5 nitrogen and oxygen atoms in total. The Morgan fingerprint density at radius 3 is 2.31 bits per heavy atom. The van der Waals surface area contributed by atoms with Crippen molar-refractivity contribution in [2.45, 2.75) is 32.1 Å². The Balaban J connectivity index is 2.05.